The lowest BCUT2D eigenvalue weighted by molar-refractivity contribution is -0.139. The molecule has 1 atom stereocenters. The molecule has 21 heavy (non-hydrogen) atoms. The molecule has 1 aromatic rings. The van der Waals surface area contributed by atoms with E-state index in [1.807, 2.05) is 30.3 Å². The minimum absolute atomic E-state index is 0.233. The van der Waals surface area contributed by atoms with Gasteiger partial charge in [0.2, 0.25) is 0 Å². The summed E-state index contributed by atoms with van der Waals surface area (Å²) in [4.78, 5) is 25.3. The number of esters is 1. The number of urea groups is 1. The Balaban J connectivity index is 1.88. The normalized spacial score (nSPS) is 17.4. The van der Waals surface area contributed by atoms with Crippen molar-refractivity contribution < 1.29 is 14.3 Å². The van der Waals surface area contributed by atoms with Gasteiger partial charge in [0.25, 0.3) is 0 Å². The fourth-order valence-corrected chi connectivity index (χ4v) is 2.45. The molecule has 1 N–H and O–H groups in total. The highest BCUT2D eigenvalue weighted by Crippen LogP contribution is 2.07. The van der Waals surface area contributed by atoms with Gasteiger partial charge in [0, 0.05) is 25.3 Å². The molecule has 5 nitrogen and oxygen atoms in total. The topological polar surface area (TPSA) is 58.6 Å². The number of carbonyl (C=O) groups is 2. The van der Waals surface area contributed by atoms with Gasteiger partial charge >= 0.3 is 12.0 Å². The number of hydrogen-bond donors (Lipinski definition) is 2. The first-order valence-corrected chi connectivity index (χ1v) is 7.71. The predicted octanol–water partition coefficient (Wildman–Crippen LogP) is 1.49. The molecule has 1 aliphatic rings. The van der Waals surface area contributed by atoms with E-state index >= 15 is 0 Å². The number of rotatable bonds is 6. The second kappa shape index (κ2) is 7.93. The summed E-state index contributed by atoms with van der Waals surface area (Å²) in [5, 5.41) is 2.73. The van der Waals surface area contributed by atoms with Crippen molar-refractivity contribution in [3.63, 3.8) is 0 Å². The van der Waals surface area contributed by atoms with E-state index in [-0.39, 0.29) is 12.0 Å². The molecule has 1 aliphatic heterocycles. The molecule has 0 spiro atoms. The molecule has 0 bridgehead atoms. The maximum atomic E-state index is 12.2. The molecule has 114 valence electrons. The molecular formula is C15H20N2O3S. The van der Waals surface area contributed by atoms with Crippen LogP contribution in [0.5, 0.6) is 0 Å². The lowest BCUT2D eigenvalue weighted by Crippen LogP contribution is -2.47. The van der Waals surface area contributed by atoms with E-state index in [4.69, 9.17) is 4.74 Å². The Bertz CT molecular complexity index is 481. The highest BCUT2D eigenvalue weighted by atomic mass is 32.1. The molecule has 1 fully saturated rings. The maximum Gasteiger partial charge on any atom is 0.328 e. The van der Waals surface area contributed by atoms with E-state index in [0.29, 0.717) is 31.9 Å². The number of cyclic esters (lactones) is 1. The molecule has 0 unspecified atom stereocenters. The summed E-state index contributed by atoms with van der Waals surface area (Å²) in [6, 6.07) is 9.24. The highest BCUT2D eigenvalue weighted by molar-refractivity contribution is 7.80. The van der Waals surface area contributed by atoms with Crippen LogP contribution >= 0.6 is 12.6 Å². The fraction of sp³-hybridized carbons (Fsp3) is 0.467. The van der Waals surface area contributed by atoms with E-state index in [0.717, 1.165) is 6.42 Å². The maximum absolute atomic E-state index is 12.2. The molecule has 0 saturated carbocycles. The number of thiol groups is 1. The van der Waals surface area contributed by atoms with Gasteiger partial charge in [-0.3, -0.25) is 0 Å². The molecule has 2 amide bonds. The molecule has 6 heteroatoms. The van der Waals surface area contributed by atoms with Crippen LogP contribution in [0.15, 0.2) is 30.3 Å². The number of carbonyl (C=O) groups excluding carboxylic acids is 2. The Morgan fingerprint density at radius 3 is 2.71 bits per heavy atom. The molecule has 1 saturated heterocycles. The summed E-state index contributed by atoms with van der Waals surface area (Å²) in [7, 11) is 0. The van der Waals surface area contributed by atoms with Gasteiger partial charge in [-0.05, 0) is 12.0 Å². The van der Waals surface area contributed by atoms with Gasteiger partial charge in [-0.1, -0.05) is 30.3 Å². The number of hydrogen-bond acceptors (Lipinski definition) is 4. The van der Waals surface area contributed by atoms with Gasteiger partial charge < -0.3 is 15.0 Å². The number of ether oxygens (including phenoxy) is 1. The van der Waals surface area contributed by atoms with Crippen molar-refractivity contribution in [3.05, 3.63) is 35.9 Å². The number of amides is 2. The molecule has 0 aromatic heterocycles. The third-order valence-electron chi connectivity index (χ3n) is 3.40. The lowest BCUT2D eigenvalue weighted by Gasteiger charge is -2.23. The second-order valence-corrected chi connectivity index (χ2v) is 5.35. The van der Waals surface area contributed by atoms with E-state index in [9.17, 15) is 9.59 Å². The van der Waals surface area contributed by atoms with Crippen LogP contribution in [0.3, 0.4) is 0 Å². The molecule has 0 radical (unpaired) electrons. The lowest BCUT2D eigenvalue weighted by atomic mass is 10.1. The Kier molecular flexibility index (Phi) is 5.92. The van der Waals surface area contributed by atoms with E-state index in [1.54, 1.807) is 4.90 Å². The average Bonchev–Trinajstić information content (AvgIpc) is 2.89. The standard InChI is InChI=1S/C15H20N2O3S/c18-14-13(7-10-20-14)16-15(19)17(9-11-21)8-6-12-4-2-1-3-5-12/h1-5,13,21H,6-11H2,(H,16,19)/t13-/m0/s1. The Morgan fingerprint density at radius 1 is 1.33 bits per heavy atom. The van der Waals surface area contributed by atoms with Crippen molar-refractivity contribution >= 4 is 24.6 Å². The second-order valence-electron chi connectivity index (χ2n) is 4.90. The van der Waals surface area contributed by atoms with Gasteiger partial charge in [0.05, 0.1) is 6.61 Å². The third kappa shape index (κ3) is 4.67. The number of benzene rings is 1. The fourth-order valence-electron chi connectivity index (χ4n) is 2.21. The van der Waals surface area contributed by atoms with Gasteiger partial charge in [-0.25, -0.2) is 9.59 Å². The van der Waals surface area contributed by atoms with Crippen molar-refractivity contribution in [2.75, 3.05) is 25.4 Å². The minimum Gasteiger partial charge on any atom is -0.464 e. The third-order valence-corrected chi connectivity index (χ3v) is 3.60. The summed E-state index contributed by atoms with van der Waals surface area (Å²) in [6.45, 7) is 1.52. The first kappa shape index (κ1) is 15.7. The van der Waals surface area contributed by atoms with Crippen LogP contribution in [0.4, 0.5) is 4.79 Å². The summed E-state index contributed by atoms with van der Waals surface area (Å²) >= 11 is 4.19. The van der Waals surface area contributed by atoms with Crippen molar-refractivity contribution in [3.8, 4) is 0 Å². The van der Waals surface area contributed by atoms with Gasteiger partial charge in [-0.15, -0.1) is 0 Å². The largest absolute Gasteiger partial charge is 0.464 e. The minimum atomic E-state index is -0.517. The average molecular weight is 308 g/mol. The summed E-state index contributed by atoms with van der Waals surface area (Å²) < 4.78 is 4.85. The summed E-state index contributed by atoms with van der Waals surface area (Å²) in [6.07, 6.45) is 1.31. The van der Waals surface area contributed by atoms with Crippen LogP contribution in [0.1, 0.15) is 12.0 Å². The van der Waals surface area contributed by atoms with E-state index in [1.165, 1.54) is 5.56 Å². The van der Waals surface area contributed by atoms with Gasteiger partial charge in [0.15, 0.2) is 0 Å². The smallest absolute Gasteiger partial charge is 0.328 e. The molecule has 1 aromatic carbocycles. The zero-order valence-corrected chi connectivity index (χ0v) is 12.7. The van der Waals surface area contributed by atoms with Crippen molar-refractivity contribution in [1.29, 1.82) is 0 Å². The van der Waals surface area contributed by atoms with Crippen LogP contribution in [0.25, 0.3) is 0 Å². The van der Waals surface area contributed by atoms with Crippen molar-refractivity contribution in [2.24, 2.45) is 0 Å². The summed E-state index contributed by atoms with van der Waals surface area (Å²) in [5.41, 5.74) is 1.18. The SMILES string of the molecule is O=C1OCC[C@@H]1NC(=O)N(CCS)CCc1ccccc1. The van der Waals surface area contributed by atoms with Crippen LogP contribution in [0, 0.1) is 0 Å². The van der Waals surface area contributed by atoms with Crippen LogP contribution < -0.4 is 5.32 Å². The van der Waals surface area contributed by atoms with Gasteiger partial charge in [-0.2, -0.15) is 12.6 Å². The van der Waals surface area contributed by atoms with Crippen molar-refractivity contribution in [1.82, 2.24) is 10.2 Å². The van der Waals surface area contributed by atoms with Gasteiger partial charge in [0.1, 0.15) is 6.04 Å². The Hall–Kier alpha value is -1.69. The summed E-state index contributed by atoms with van der Waals surface area (Å²) in [5.74, 6) is 0.231. The monoisotopic (exact) mass is 308 g/mol. The Labute approximate surface area is 130 Å². The van der Waals surface area contributed by atoms with E-state index in [2.05, 4.69) is 17.9 Å². The highest BCUT2D eigenvalue weighted by Gasteiger charge is 2.29. The zero-order chi connectivity index (χ0) is 15.1. The quantitative estimate of drug-likeness (QED) is 0.618. The molecule has 2 rings (SSSR count). The number of nitrogens with zero attached hydrogens (tertiary/aromatic N) is 1. The van der Waals surface area contributed by atoms with Crippen LogP contribution in [-0.4, -0.2) is 48.4 Å². The molecule has 0 aliphatic carbocycles. The first-order valence-electron chi connectivity index (χ1n) is 7.07. The Morgan fingerprint density at radius 2 is 2.10 bits per heavy atom. The van der Waals surface area contributed by atoms with Crippen LogP contribution in [0.2, 0.25) is 0 Å². The van der Waals surface area contributed by atoms with E-state index < -0.39 is 6.04 Å². The zero-order valence-electron chi connectivity index (χ0n) is 11.8. The molecule has 1 heterocycles. The predicted molar refractivity (Wildman–Crippen MR) is 83.5 cm³/mol. The van der Waals surface area contributed by atoms with Crippen molar-refractivity contribution in [2.45, 2.75) is 18.9 Å². The first-order chi connectivity index (χ1) is 10.2. The molecular weight excluding hydrogens is 288 g/mol. The number of nitrogens with one attached hydrogen (secondary N) is 1. The van der Waals surface area contributed by atoms with Crippen LogP contribution in [-0.2, 0) is 16.0 Å².